The Labute approximate surface area is 96.3 Å². The Balaban J connectivity index is 2.73. The highest BCUT2D eigenvalue weighted by atomic mass is 79.9. The molecule has 1 aromatic carbocycles. The molecule has 0 aliphatic carbocycles. The summed E-state index contributed by atoms with van der Waals surface area (Å²) in [5.74, 6) is 0.790. The number of hydrogen-bond donors (Lipinski definition) is 0. The molecule has 0 aliphatic rings. The van der Waals surface area contributed by atoms with Gasteiger partial charge in [-0.3, -0.25) is 4.79 Å². The van der Waals surface area contributed by atoms with E-state index in [-0.39, 0.29) is 5.24 Å². The number of methoxy groups -OCH3 is 1. The standard InChI is InChI=1S/C10H10BrClO2/c1-14-8-4-2-7(9(11)6-8)3-5-10(12)13/h2,4,6H,3,5H2,1H3. The molecule has 1 aromatic rings. The number of hydrogen-bond acceptors (Lipinski definition) is 2. The first kappa shape index (κ1) is 11.5. The fraction of sp³-hybridized carbons (Fsp3) is 0.300. The molecule has 1 rings (SSSR count). The van der Waals surface area contributed by atoms with Crippen LogP contribution in [0.5, 0.6) is 5.75 Å². The molecular formula is C10H10BrClO2. The minimum absolute atomic E-state index is 0.312. The van der Waals surface area contributed by atoms with Gasteiger partial charge in [-0.25, -0.2) is 0 Å². The van der Waals surface area contributed by atoms with Crippen molar-refractivity contribution < 1.29 is 9.53 Å². The molecule has 76 valence electrons. The third-order valence-corrected chi connectivity index (χ3v) is 2.78. The van der Waals surface area contributed by atoms with Gasteiger partial charge in [0.1, 0.15) is 5.75 Å². The molecule has 0 N–H and O–H groups in total. The van der Waals surface area contributed by atoms with Gasteiger partial charge in [-0.1, -0.05) is 22.0 Å². The van der Waals surface area contributed by atoms with E-state index in [0.29, 0.717) is 12.8 Å². The number of benzene rings is 1. The SMILES string of the molecule is COc1ccc(CCC(=O)Cl)c(Br)c1. The van der Waals surface area contributed by atoms with Crippen LogP contribution < -0.4 is 4.74 Å². The van der Waals surface area contributed by atoms with Crippen LogP contribution >= 0.6 is 27.5 Å². The van der Waals surface area contributed by atoms with E-state index in [2.05, 4.69) is 15.9 Å². The van der Waals surface area contributed by atoms with Crippen LogP contribution in [-0.4, -0.2) is 12.4 Å². The molecule has 0 aliphatic heterocycles. The maximum atomic E-state index is 10.6. The molecule has 0 bridgehead atoms. The Morgan fingerprint density at radius 2 is 2.29 bits per heavy atom. The Bertz CT molecular complexity index is 339. The highest BCUT2D eigenvalue weighted by Gasteiger charge is 2.03. The Morgan fingerprint density at radius 1 is 1.57 bits per heavy atom. The first-order valence-electron chi connectivity index (χ1n) is 4.14. The van der Waals surface area contributed by atoms with Crippen molar-refractivity contribution in [1.82, 2.24) is 0 Å². The first-order chi connectivity index (χ1) is 6.63. The van der Waals surface area contributed by atoms with Crippen LogP contribution in [0.15, 0.2) is 22.7 Å². The average molecular weight is 278 g/mol. The van der Waals surface area contributed by atoms with Crippen molar-refractivity contribution in [3.8, 4) is 5.75 Å². The minimum atomic E-state index is -0.312. The average Bonchev–Trinajstić information content (AvgIpc) is 2.15. The van der Waals surface area contributed by atoms with Gasteiger partial charge in [0.2, 0.25) is 5.24 Å². The smallest absolute Gasteiger partial charge is 0.221 e. The van der Waals surface area contributed by atoms with Crippen molar-refractivity contribution in [2.45, 2.75) is 12.8 Å². The fourth-order valence-corrected chi connectivity index (χ4v) is 1.74. The molecule has 2 nitrogen and oxygen atoms in total. The number of aryl methyl sites for hydroxylation is 1. The van der Waals surface area contributed by atoms with Crippen LogP contribution in [0.3, 0.4) is 0 Å². The second kappa shape index (κ2) is 5.37. The summed E-state index contributed by atoms with van der Waals surface area (Å²) in [5.41, 5.74) is 1.06. The van der Waals surface area contributed by atoms with E-state index < -0.39 is 0 Å². The number of halogens is 2. The van der Waals surface area contributed by atoms with Crippen LogP contribution in [0.2, 0.25) is 0 Å². The van der Waals surface area contributed by atoms with E-state index in [1.54, 1.807) is 7.11 Å². The zero-order valence-electron chi connectivity index (χ0n) is 7.72. The lowest BCUT2D eigenvalue weighted by molar-refractivity contribution is -0.111. The lowest BCUT2D eigenvalue weighted by atomic mass is 10.1. The molecule has 0 heterocycles. The predicted molar refractivity (Wildman–Crippen MR) is 59.9 cm³/mol. The fourth-order valence-electron chi connectivity index (χ4n) is 1.09. The summed E-state index contributed by atoms with van der Waals surface area (Å²) >= 11 is 8.66. The summed E-state index contributed by atoms with van der Waals surface area (Å²) in [6.45, 7) is 0. The molecule has 0 spiro atoms. The lowest BCUT2D eigenvalue weighted by Crippen LogP contribution is -1.93. The van der Waals surface area contributed by atoms with Gasteiger partial charge in [-0.2, -0.15) is 0 Å². The van der Waals surface area contributed by atoms with E-state index in [9.17, 15) is 4.79 Å². The summed E-state index contributed by atoms with van der Waals surface area (Å²) < 4.78 is 5.99. The third kappa shape index (κ3) is 3.31. The molecule has 14 heavy (non-hydrogen) atoms. The van der Waals surface area contributed by atoms with E-state index in [4.69, 9.17) is 16.3 Å². The topological polar surface area (TPSA) is 26.3 Å². The molecule has 0 saturated heterocycles. The largest absolute Gasteiger partial charge is 0.497 e. The molecular weight excluding hydrogens is 267 g/mol. The van der Waals surface area contributed by atoms with Crippen LogP contribution in [0.25, 0.3) is 0 Å². The van der Waals surface area contributed by atoms with Crippen molar-refractivity contribution in [2.24, 2.45) is 0 Å². The second-order valence-electron chi connectivity index (χ2n) is 2.81. The van der Waals surface area contributed by atoms with Gasteiger partial charge in [0.05, 0.1) is 7.11 Å². The lowest BCUT2D eigenvalue weighted by Gasteiger charge is -2.05. The van der Waals surface area contributed by atoms with Crippen molar-refractivity contribution in [3.05, 3.63) is 28.2 Å². The predicted octanol–water partition coefficient (Wildman–Crippen LogP) is 3.16. The highest BCUT2D eigenvalue weighted by molar-refractivity contribution is 9.10. The zero-order chi connectivity index (χ0) is 10.6. The number of ether oxygens (including phenoxy) is 1. The molecule has 0 atom stereocenters. The van der Waals surface area contributed by atoms with E-state index in [1.165, 1.54) is 0 Å². The molecule has 0 fully saturated rings. The van der Waals surface area contributed by atoms with Gasteiger partial charge < -0.3 is 4.74 Å². The van der Waals surface area contributed by atoms with Crippen molar-refractivity contribution in [1.29, 1.82) is 0 Å². The molecule has 0 saturated carbocycles. The van der Waals surface area contributed by atoms with E-state index >= 15 is 0 Å². The van der Waals surface area contributed by atoms with Gasteiger partial charge in [-0.15, -0.1) is 0 Å². The summed E-state index contributed by atoms with van der Waals surface area (Å²) in [7, 11) is 1.61. The zero-order valence-corrected chi connectivity index (χ0v) is 10.1. The molecule has 0 aromatic heterocycles. The third-order valence-electron chi connectivity index (χ3n) is 1.85. The van der Waals surface area contributed by atoms with Gasteiger partial charge in [0, 0.05) is 10.9 Å². The van der Waals surface area contributed by atoms with Gasteiger partial charge in [-0.05, 0) is 35.7 Å². The van der Waals surface area contributed by atoms with E-state index in [0.717, 1.165) is 15.8 Å². The van der Waals surface area contributed by atoms with Gasteiger partial charge >= 0.3 is 0 Å². The summed E-state index contributed by atoms with van der Waals surface area (Å²) in [4.78, 5) is 10.6. The van der Waals surface area contributed by atoms with Gasteiger partial charge in [0.25, 0.3) is 0 Å². The summed E-state index contributed by atoms with van der Waals surface area (Å²) in [6, 6.07) is 5.65. The summed E-state index contributed by atoms with van der Waals surface area (Å²) in [5, 5.41) is -0.312. The number of carbonyl (C=O) groups excluding carboxylic acids is 1. The normalized spacial score (nSPS) is 9.93. The van der Waals surface area contributed by atoms with E-state index in [1.807, 2.05) is 18.2 Å². The number of carbonyl (C=O) groups is 1. The minimum Gasteiger partial charge on any atom is -0.497 e. The Hall–Kier alpha value is -0.540. The quantitative estimate of drug-likeness (QED) is 0.790. The van der Waals surface area contributed by atoms with Crippen LogP contribution in [0.1, 0.15) is 12.0 Å². The van der Waals surface area contributed by atoms with Crippen molar-refractivity contribution in [2.75, 3.05) is 7.11 Å². The first-order valence-corrected chi connectivity index (χ1v) is 5.31. The number of rotatable bonds is 4. The molecule has 4 heteroatoms. The maximum absolute atomic E-state index is 10.6. The van der Waals surface area contributed by atoms with Gasteiger partial charge in [0.15, 0.2) is 0 Å². The highest BCUT2D eigenvalue weighted by Crippen LogP contribution is 2.24. The Morgan fingerprint density at radius 3 is 2.79 bits per heavy atom. The van der Waals surface area contributed by atoms with Crippen LogP contribution in [-0.2, 0) is 11.2 Å². The molecule has 0 unspecified atom stereocenters. The monoisotopic (exact) mass is 276 g/mol. The molecule has 0 amide bonds. The maximum Gasteiger partial charge on any atom is 0.221 e. The van der Waals surface area contributed by atoms with Crippen LogP contribution in [0.4, 0.5) is 0 Å². The second-order valence-corrected chi connectivity index (χ2v) is 4.09. The van der Waals surface area contributed by atoms with Crippen LogP contribution in [0, 0.1) is 0 Å². The summed E-state index contributed by atoms with van der Waals surface area (Å²) in [6.07, 6.45) is 0.999. The molecule has 0 radical (unpaired) electrons. The van der Waals surface area contributed by atoms with Crippen molar-refractivity contribution in [3.63, 3.8) is 0 Å². The van der Waals surface area contributed by atoms with Crippen molar-refractivity contribution >= 4 is 32.8 Å². The Kier molecular flexibility index (Phi) is 4.42.